The number of alkyl halides is 6. The van der Waals surface area contributed by atoms with Crippen LogP contribution in [0, 0.1) is 0 Å². The number of halogens is 6. The molecule has 0 saturated carbocycles. The zero-order valence-corrected chi connectivity index (χ0v) is 20.0. The zero-order valence-electron chi connectivity index (χ0n) is 19.2. The fourth-order valence-corrected chi connectivity index (χ4v) is 4.52. The third-order valence-electron chi connectivity index (χ3n) is 5.09. The molecule has 13 heteroatoms. The Morgan fingerprint density at radius 1 is 1.03 bits per heavy atom. The SMILES string of the molecule is CCCN1CCC(N(C)Cc2cc3ccccc3s2)CC1.O=C(O)C(F)(F)F.O=C(O)C(F)(F)F. The maximum absolute atomic E-state index is 10.6. The molecule has 0 spiro atoms. The molecule has 0 aliphatic carbocycles. The molecular formula is C22H28F6N2O4S. The second kappa shape index (κ2) is 13.6. The van der Waals surface area contributed by atoms with Gasteiger partial charge in [0.1, 0.15) is 0 Å². The largest absolute Gasteiger partial charge is 0.490 e. The highest BCUT2D eigenvalue weighted by atomic mass is 32.1. The molecule has 1 saturated heterocycles. The van der Waals surface area contributed by atoms with Crippen molar-refractivity contribution >= 4 is 33.4 Å². The van der Waals surface area contributed by atoms with Gasteiger partial charge in [-0.2, -0.15) is 26.3 Å². The smallest absolute Gasteiger partial charge is 0.475 e. The number of hydrogen-bond donors (Lipinski definition) is 2. The van der Waals surface area contributed by atoms with Crippen LogP contribution in [0.25, 0.3) is 10.1 Å². The molecule has 198 valence electrons. The molecule has 0 amide bonds. The zero-order chi connectivity index (χ0) is 26.8. The Morgan fingerprint density at radius 2 is 1.51 bits per heavy atom. The van der Waals surface area contributed by atoms with Gasteiger partial charge in [0.25, 0.3) is 0 Å². The Labute approximate surface area is 202 Å². The van der Waals surface area contributed by atoms with Gasteiger partial charge in [0.2, 0.25) is 0 Å². The molecule has 0 radical (unpaired) electrons. The fraction of sp³-hybridized carbons (Fsp3) is 0.545. The summed E-state index contributed by atoms with van der Waals surface area (Å²) < 4.78 is 64.9. The van der Waals surface area contributed by atoms with Crippen LogP contribution in [0.2, 0.25) is 0 Å². The van der Waals surface area contributed by atoms with Gasteiger partial charge in [-0.25, -0.2) is 9.59 Å². The molecule has 0 unspecified atom stereocenters. The first-order chi connectivity index (χ1) is 16.1. The minimum atomic E-state index is -5.08. The summed E-state index contributed by atoms with van der Waals surface area (Å²) in [7, 11) is 2.30. The van der Waals surface area contributed by atoms with E-state index in [0.29, 0.717) is 0 Å². The molecule has 1 aliphatic rings. The van der Waals surface area contributed by atoms with Crippen molar-refractivity contribution in [3.8, 4) is 0 Å². The highest BCUT2D eigenvalue weighted by molar-refractivity contribution is 7.19. The summed E-state index contributed by atoms with van der Waals surface area (Å²) >= 11 is 1.95. The van der Waals surface area contributed by atoms with Crippen LogP contribution in [0.15, 0.2) is 30.3 Å². The van der Waals surface area contributed by atoms with Crippen LogP contribution in [0.1, 0.15) is 31.1 Å². The van der Waals surface area contributed by atoms with Crippen molar-refractivity contribution in [3.63, 3.8) is 0 Å². The number of carboxylic acids is 2. The van der Waals surface area contributed by atoms with E-state index in [2.05, 4.69) is 54.1 Å². The molecule has 2 aromatic rings. The van der Waals surface area contributed by atoms with E-state index in [0.717, 1.165) is 12.6 Å². The summed E-state index contributed by atoms with van der Waals surface area (Å²) in [6.07, 6.45) is -6.24. The minimum absolute atomic E-state index is 0.753. The Balaban J connectivity index is 0.000000362. The van der Waals surface area contributed by atoms with Gasteiger partial charge in [0, 0.05) is 22.2 Å². The minimum Gasteiger partial charge on any atom is -0.475 e. The number of benzene rings is 1. The van der Waals surface area contributed by atoms with Gasteiger partial charge in [0.05, 0.1) is 0 Å². The van der Waals surface area contributed by atoms with Crippen LogP contribution in [-0.2, 0) is 16.1 Å². The van der Waals surface area contributed by atoms with E-state index in [1.807, 2.05) is 11.3 Å². The van der Waals surface area contributed by atoms with E-state index in [1.54, 1.807) is 0 Å². The highest BCUT2D eigenvalue weighted by Crippen LogP contribution is 2.27. The van der Waals surface area contributed by atoms with Crippen LogP contribution < -0.4 is 0 Å². The molecule has 3 rings (SSSR count). The number of carbonyl (C=O) groups is 2. The van der Waals surface area contributed by atoms with Gasteiger partial charge >= 0.3 is 24.3 Å². The number of aliphatic carboxylic acids is 2. The number of nitrogens with zero attached hydrogens (tertiary/aromatic N) is 2. The average molecular weight is 531 g/mol. The first-order valence-corrected chi connectivity index (χ1v) is 11.5. The van der Waals surface area contributed by atoms with Crippen LogP contribution in [0.5, 0.6) is 0 Å². The molecule has 0 bridgehead atoms. The number of thiophene rings is 1. The quantitative estimate of drug-likeness (QED) is 0.499. The molecule has 2 heterocycles. The Morgan fingerprint density at radius 3 is 1.94 bits per heavy atom. The van der Waals surface area contributed by atoms with Crippen LogP contribution >= 0.6 is 11.3 Å². The number of fused-ring (bicyclic) bond motifs is 1. The van der Waals surface area contributed by atoms with Gasteiger partial charge in [-0.1, -0.05) is 25.1 Å². The summed E-state index contributed by atoms with van der Waals surface area (Å²) in [5.41, 5.74) is 0. The lowest BCUT2D eigenvalue weighted by molar-refractivity contribution is -0.193. The van der Waals surface area contributed by atoms with Gasteiger partial charge in [0.15, 0.2) is 0 Å². The van der Waals surface area contributed by atoms with Gasteiger partial charge < -0.3 is 15.1 Å². The second-order valence-electron chi connectivity index (χ2n) is 7.84. The van der Waals surface area contributed by atoms with E-state index in [4.69, 9.17) is 19.8 Å². The van der Waals surface area contributed by atoms with Crippen molar-refractivity contribution in [2.45, 2.75) is 51.1 Å². The molecule has 35 heavy (non-hydrogen) atoms. The van der Waals surface area contributed by atoms with Crippen molar-refractivity contribution in [2.24, 2.45) is 0 Å². The number of rotatable bonds is 5. The third kappa shape index (κ3) is 11.3. The Kier molecular flexibility index (Phi) is 11.9. The maximum atomic E-state index is 10.6. The first-order valence-electron chi connectivity index (χ1n) is 10.6. The van der Waals surface area contributed by atoms with Crippen LogP contribution in [-0.4, -0.2) is 77.0 Å². The molecule has 6 nitrogen and oxygen atoms in total. The summed E-state index contributed by atoms with van der Waals surface area (Å²) in [6.45, 7) is 7.19. The van der Waals surface area contributed by atoms with Crippen LogP contribution in [0.3, 0.4) is 0 Å². The fourth-order valence-electron chi connectivity index (χ4n) is 3.39. The average Bonchev–Trinajstić information content (AvgIpc) is 3.16. The van der Waals surface area contributed by atoms with E-state index in [-0.39, 0.29) is 0 Å². The van der Waals surface area contributed by atoms with Crippen molar-refractivity contribution in [1.82, 2.24) is 9.80 Å². The van der Waals surface area contributed by atoms with Crippen LogP contribution in [0.4, 0.5) is 26.3 Å². The van der Waals surface area contributed by atoms with Gasteiger partial charge in [-0.15, -0.1) is 11.3 Å². The summed E-state index contributed by atoms with van der Waals surface area (Å²) in [4.78, 5) is 24.5. The van der Waals surface area contributed by atoms with E-state index in [9.17, 15) is 26.3 Å². The highest BCUT2D eigenvalue weighted by Gasteiger charge is 2.38. The monoisotopic (exact) mass is 530 g/mol. The lowest BCUT2D eigenvalue weighted by Gasteiger charge is -2.36. The lowest BCUT2D eigenvalue weighted by atomic mass is 10.0. The van der Waals surface area contributed by atoms with E-state index in [1.165, 1.54) is 53.9 Å². The van der Waals surface area contributed by atoms with Gasteiger partial charge in [-0.05, 0) is 63.5 Å². The van der Waals surface area contributed by atoms with Crippen molar-refractivity contribution in [3.05, 3.63) is 35.2 Å². The predicted octanol–water partition coefficient (Wildman–Crippen LogP) is 5.47. The van der Waals surface area contributed by atoms with E-state index >= 15 is 0 Å². The number of hydrogen-bond acceptors (Lipinski definition) is 5. The third-order valence-corrected chi connectivity index (χ3v) is 6.19. The van der Waals surface area contributed by atoms with Crippen molar-refractivity contribution < 1.29 is 46.1 Å². The van der Waals surface area contributed by atoms with Gasteiger partial charge in [-0.3, -0.25) is 4.90 Å². The molecule has 0 atom stereocenters. The molecule has 1 aliphatic heterocycles. The number of likely N-dealkylation sites (tertiary alicyclic amines) is 1. The van der Waals surface area contributed by atoms with Crippen molar-refractivity contribution in [2.75, 3.05) is 26.7 Å². The molecular weight excluding hydrogens is 502 g/mol. The summed E-state index contributed by atoms with van der Waals surface area (Å²) in [5.74, 6) is -5.51. The number of piperidine rings is 1. The summed E-state index contributed by atoms with van der Waals surface area (Å²) in [6, 6.07) is 11.8. The molecule has 1 aromatic carbocycles. The second-order valence-corrected chi connectivity index (χ2v) is 9.01. The predicted molar refractivity (Wildman–Crippen MR) is 120 cm³/mol. The molecule has 1 aromatic heterocycles. The topological polar surface area (TPSA) is 81.1 Å². The first kappa shape index (κ1) is 30.7. The molecule has 1 fully saturated rings. The molecule has 2 N–H and O–H groups in total. The maximum Gasteiger partial charge on any atom is 0.490 e. The normalized spacial score (nSPS) is 15.2. The lowest BCUT2D eigenvalue weighted by Crippen LogP contribution is -2.43. The van der Waals surface area contributed by atoms with Crippen molar-refractivity contribution in [1.29, 1.82) is 0 Å². The van der Waals surface area contributed by atoms with E-state index < -0.39 is 24.3 Å². The summed E-state index contributed by atoms with van der Waals surface area (Å²) in [5, 5.41) is 15.6. The standard InChI is InChI=1S/C18H26N2S.2C2HF3O2/c1-3-10-20-11-8-16(9-12-20)19(2)14-17-13-15-6-4-5-7-18(15)21-17;2*3-2(4,5)1(6)7/h4-7,13,16H,3,8-12,14H2,1-2H3;2*(H,6,7). The Bertz CT molecular complexity index is 883. The number of carboxylic acid groups (broad SMARTS) is 2. The Hall–Kier alpha value is -2.38.